The first-order chi connectivity index (χ1) is 13.9. The van der Waals surface area contributed by atoms with Crippen molar-refractivity contribution in [1.82, 2.24) is 14.9 Å². The SMILES string of the molecule is CCOCCn1c(CN[C@@H](C)C(N)=O)nc2ccc(-c3ccc(F)cc3C)cc21. The number of nitrogens with zero attached hydrogens (tertiary/aromatic N) is 2. The molecule has 154 valence electrons. The molecule has 0 aliphatic heterocycles. The van der Waals surface area contributed by atoms with E-state index in [0.717, 1.165) is 33.5 Å². The number of ether oxygens (including phenoxy) is 1. The lowest BCUT2D eigenvalue weighted by atomic mass is 10.00. The lowest BCUT2D eigenvalue weighted by molar-refractivity contribution is -0.119. The predicted octanol–water partition coefficient (Wildman–Crippen LogP) is 3.15. The molecule has 3 rings (SSSR count). The van der Waals surface area contributed by atoms with E-state index >= 15 is 0 Å². The summed E-state index contributed by atoms with van der Waals surface area (Å²) in [4.78, 5) is 16.1. The van der Waals surface area contributed by atoms with Crippen molar-refractivity contribution < 1.29 is 13.9 Å². The van der Waals surface area contributed by atoms with Gasteiger partial charge in [0.05, 0.1) is 30.2 Å². The minimum atomic E-state index is -0.451. The van der Waals surface area contributed by atoms with Gasteiger partial charge in [0.1, 0.15) is 11.6 Å². The first-order valence-corrected chi connectivity index (χ1v) is 9.76. The second-order valence-corrected chi connectivity index (χ2v) is 7.04. The maximum absolute atomic E-state index is 13.5. The molecule has 0 fully saturated rings. The standard InChI is InChI=1S/C22H27FN4O2/c1-4-29-10-9-27-20-12-16(18-7-6-17(23)11-14(18)2)5-8-19(20)26-21(27)13-25-15(3)22(24)28/h5-8,11-12,15,25H,4,9-10,13H2,1-3H3,(H2,24,28)/t15-/m0/s1. The molecule has 0 bridgehead atoms. The first-order valence-electron chi connectivity index (χ1n) is 9.76. The van der Waals surface area contributed by atoms with Gasteiger partial charge in [-0.25, -0.2) is 9.37 Å². The third kappa shape index (κ3) is 4.81. The predicted molar refractivity (Wildman–Crippen MR) is 112 cm³/mol. The van der Waals surface area contributed by atoms with Crippen LogP contribution in [0.15, 0.2) is 36.4 Å². The first kappa shape index (κ1) is 21.0. The second-order valence-electron chi connectivity index (χ2n) is 7.04. The van der Waals surface area contributed by atoms with Gasteiger partial charge < -0.3 is 15.0 Å². The number of amides is 1. The molecule has 29 heavy (non-hydrogen) atoms. The Kier molecular flexibility index (Phi) is 6.61. The Morgan fingerprint density at radius 3 is 2.79 bits per heavy atom. The Morgan fingerprint density at radius 1 is 1.31 bits per heavy atom. The van der Waals surface area contributed by atoms with E-state index in [9.17, 15) is 9.18 Å². The van der Waals surface area contributed by atoms with Gasteiger partial charge in [-0.1, -0.05) is 12.1 Å². The van der Waals surface area contributed by atoms with Crippen LogP contribution in [-0.2, 0) is 22.6 Å². The van der Waals surface area contributed by atoms with Crippen LogP contribution >= 0.6 is 0 Å². The molecular weight excluding hydrogens is 371 g/mol. The van der Waals surface area contributed by atoms with E-state index in [-0.39, 0.29) is 5.82 Å². The molecule has 3 N–H and O–H groups in total. The topological polar surface area (TPSA) is 82.2 Å². The zero-order valence-corrected chi connectivity index (χ0v) is 17.0. The number of rotatable bonds is 9. The second kappa shape index (κ2) is 9.15. The van der Waals surface area contributed by atoms with Gasteiger partial charge in [-0.2, -0.15) is 0 Å². The summed E-state index contributed by atoms with van der Waals surface area (Å²) in [6.07, 6.45) is 0. The molecule has 2 aromatic carbocycles. The molecule has 3 aromatic rings. The third-order valence-electron chi connectivity index (χ3n) is 4.98. The highest BCUT2D eigenvalue weighted by Gasteiger charge is 2.15. The molecular formula is C22H27FN4O2. The number of imidazole rings is 1. The number of hydrogen-bond acceptors (Lipinski definition) is 4. The molecule has 1 heterocycles. The maximum Gasteiger partial charge on any atom is 0.234 e. The summed E-state index contributed by atoms with van der Waals surface area (Å²) in [7, 11) is 0. The van der Waals surface area contributed by atoms with Crippen molar-refractivity contribution in [3.05, 3.63) is 53.6 Å². The summed E-state index contributed by atoms with van der Waals surface area (Å²) in [6, 6.07) is 10.4. The Balaban J connectivity index is 2.00. The van der Waals surface area contributed by atoms with Crippen LogP contribution in [0.25, 0.3) is 22.2 Å². The number of benzene rings is 2. The van der Waals surface area contributed by atoms with E-state index < -0.39 is 11.9 Å². The van der Waals surface area contributed by atoms with Gasteiger partial charge in [0, 0.05) is 13.2 Å². The van der Waals surface area contributed by atoms with Gasteiger partial charge >= 0.3 is 0 Å². The number of nitrogens with two attached hydrogens (primary N) is 1. The molecule has 1 atom stereocenters. The van der Waals surface area contributed by atoms with Gasteiger partial charge in [-0.3, -0.25) is 10.1 Å². The quantitative estimate of drug-likeness (QED) is 0.543. The Bertz CT molecular complexity index is 1020. The molecule has 0 saturated heterocycles. The van der Waals surface area contributed by atoms with Crippen molar-refractivity contribution in [3.8, 4) is 11.1 Å². The molecule has 6 nitrogen and oxygen atoms in total. The van der Waals surface area contributed by atoms with E-state index in [1.54, 1.807) is 13.0 Å². The van der Waals surface area contributed by atoms with Crippen LogP contribution in [0.3, 0.4) is 0 Å². The summed E-state index contributed by atoms with van der Waals surface area (Å²) < 4.78 is 21.1. The average molecular weight is 398 g/mol. The number of fused-ring (bicyclic) bond motifs is 1. The van der Waals surface area contributed by atoms with Crippen LogP contribution in [0.1, 0.15) is 25.2 Å². The fourth-order valence-electron chi connectivity index (χ4n) is 3.32. The minimum Gasteiger partial charge on any atom is -0.380 e. The number of nitrogens with one attached hydrogen (secondary N) is 1. The molecule has 0 saturated carbocycles. The van der Waals surface area contributed by atoms with E-state index in [1.807, 2.05) is 26.0 Å². The highest BCUT2D eigenvalue weighted by molar-refractivity contribution is 5.83. The summed E-state index contributed by atoms with van der Waals surface area (Å²) in [5.74, 6) is 0.155. The number of primary amides is 1. The van der Waals surface area contributed by atoms with Crippen LogP contribution in [0, 0.1) is 12.7 Å². The third-order valence-corrected chi connectivity index (χ3v) is 4.98. The van der Waals surface area contributed by atoms with Crippen molar-refractivity contribution in [2.24, 2.45) is 5.73 Å². The molecule has 0 aliphatic rings. The maximum atomic E-state index is 13.5. The molecule has 0 spiro atoms. The fourth-order valence-corrected chi connectivity index (χ4v) is 3.32. The summed E-state index contributed by atoms with van der Waals surface area (Å²) in [5.41, 5.74) is 10.0. The van der Waals surface area contributed by atoms with E-state index in [1.165, 1.54) is 12.1 Å². The Morgan fingerprint density at radius 2 is 2.10 bits per heavy atom. The lowest BCUT2D eigenvalue weighted by Crippen LogP contribution is -2.38. The van der Waals surface area contributed by atoms with Crippen molar-refractivity contribution in [3.63, 3.8) is 0 Å². The zero-order valence-electron chi connectivity index (χ0n) is 17.0. The summed E-state index contributed by atoms with van der Waals surface area (Å²) >= 11 is 0. The van der Waals surface area contributed by atoms with Crippen LogP contribution in [0.4, 0.5) is 4.39 Å². The van der Waals surface area contributed by atoms with Gasteiger partial charge in [0.25, 0.3) is 0 Å². The number of carbonyl (C=O) groups is 1. The largest absolute Gasteiger partial charge is 0.380 e. The smallest absolute Gasteiger partial charge is 0.234 e. The van der Waals surface area contributed by atoms with Crippen molar-refractivity contribution in [2.45, 2.75) is 39.9 Å². The average Bonchev–Trinajstić information content (AvgIpc) is 3.03. The molecule has 0 aliphatic carbocycles. The number of aromatic nitrogens is 2. The van der Waals surface area contributed by atoms with Crippen molar-refractivity contribution in [1.29, 1.82) is 0 Å². The summed E-state index contributed by atoms with van der Waals surface area (Å²) in [5, 5.41) is 3.11. The molecule has 0 unspecified atom stereocenters. The number of hydrogen-bond donors (Lipinski definition) is 2. The molecule has 1 aromatic heterocycles. The van der Waals surface area contributed by atoms with Gasteiger partial charge in [-0.05, 0) is 61.7 Å². The van der Waals surface area contributed by atoms with Crippen LogP contribution < -0.4 is 11.1 Å². The lowest BCUT2D eigenvalue weighted by Gasteiger charge is -2.13. The van der Waals surface area contributed by atoms with Crippen LogP contribution in [-0.4, -0.2) is 34.7 Å². The van der Waals surface area contributed by atoms with Gasteiger partial charge in [0.2, 0.25) is 5.91 Å². The van der Waals surface area contributed by atoms with E-state index in [4.69, 9.17) is 15.5 Å². The molecule has 7 heteroatoms. The van der Waals surface area contributed by atoms with Crippen molar-refractivity contribution >= 4 is 16.9 Å². The Hall–Kier alpha value is -2.77. The monoisotopic (exact) mass is 398 g/mol. The fraction of sp³-hybridized carbons (Fsp3) is 0.364. The normalized spacial score (nSPS) is 12.4. The van der Waals surface area contributed by atoms with Crippen LogP contribution in [0.2, 0.25) is 0 Å². The molecule has 1 amide bonds. The van der Waals surface area contributed by atoms with Crippen molar-refractivity contribution in [2.75, 3.05) is 13.2 Å². The highest BCUT2D eigenvalue weighted by atomic mass is 19.1. The van der Waals surface area contributed by atoms with Gasteiger partial charge in [-0.15, -0.1) is 0 Å². The minimum absolute atomic E-state index is 0.244. The summed E-state index contributed by atoms with van der Waals surface area (Å²) in [6.45, 7) is 7.83. The number of carbonyl (C=O) groups excluding carboxylic acids is 1. The van der Waals surface area contributed by atoms with E-state index in [2.05, 4.69) is 16.0 Å². The number of aryl methyl sites for hydroxylation is 1. The Labute approximate surface area is 169 Å². The molecule has 0 radical (unpaired) electrons. The number of halogens is 1. The zero-order chi connectivity index (χ0) is 21.0. The van der Waals surface area contributed by atoms with E-state index in [0.29, 0.717) is 26.3 Å². The van der Waals surface area contributed by atoms with Gasteiger partial charge in [0.15, 0.2) is 0 Å². The van der Waals surface area contributed by atoms with Crippen LogP contribution in [0.5, 0.6) is 0 Å². The highest BCUT2D eigenvalue weighted by Crippen LogP contribution is 2.28.